The zero-order chi connectivity index (χ0) is 9.68. The summed E-state index contributed by atoms with van der Waals surface area (Å²) in [6.07, 6.45) is 0.202. The van der Waals surface area contributed by atoms with Gasteiger partial charge in [-0.15, -0.1) is 0 Å². The molecule has 1 aromatic carbocycles. The van der Waals surface area contributed by atoms with E-state index in [4.69, 9.17) is 4.74 Å². The van der Waals surface area contributed by atoms with Crippen molar-refractivity contribution in [3.05, 3.63) is 35.6 Å². The standard InChI is InChI=1S/C10H11FO2.CH4/c1-2-13-10(12)7-8-3-5-9(11)6-4-8;/h3-6H,2,7H2,1H3;1H4. The molecular formula is C11H15FO2. The number of carbonyl (C=O) groups excluding carboxylic acids is 1. The molecule has 0 aromatic heterocycles. The van der Waals surface area contributed by atoms with E-state index in [2.05, 4.69) is 0 Å². The molecule has 0 unspecified atom stereocenters. The maximum atomic E-state index is 12.5. The lowest BCUT2D eigenvalue weighted by atomic mass is 10.1. The summed E-state index contributed by atoms with van der Waals surface area (Å²) < 4.78 is 17.2. The molecule has 0 saturated carbocycles. The summed E-state index contributed by atoms with van der Waals surface area (Å²) in [4.78, 5) is 11.0. The molecule has 0 aliphatic heterocycles. The van der Waals surface area contributed by atoms with Gasteiger partial charge in [0.15, 0.2) is 0 Å². The molecule has 0 aliphatic rings. The van der Waals surface area contributed by atoms with E-state index < -0.39 is 0 Å². The summed E-state index contributed by atoms with van der Waals surface area (Å²) in [5.41, 5.74) is 0.764. The lowest BCUT2D eigenvalue weighted by Crippen LogP contribution is -2.07. The Morgan fingerprint density at radius 1 is 1.36 bits per heavy atom. The van der Waals surface area contributed by atoms with Gasteiger partial charge in [0.05, 0.1) is 13.0 Å². The number of hydrogen-bond acceptors (Lipinski definition) is 2. The van der Waals surface area contributed by atoms with Crippen molar-refractivity contribution >= 4 is 5.97 Å². The van der Waals surface area contributed by atoms with Gasteiger partial charge in [-0.3, -0.25) is 4.79 Å². The summed E-state index contributed by atoms with van der Waals surface area (Å²) in [6.45, 7) is 2.13. The van der Waals surface area contributed by atoms with Crippen LogP contribution in [0, 0.1) is 5.82 Å². The van der Waals surface area contributed by atoms with E-state index in [-0.39, 0.29) is 25.6 Å². The Bertz CT molecular complexity index is 280. The van der Waals surface area contributed by atoms with Crippen LogP contribution in [0.3, 0.4) is 0 Å². The van der Waals surface area contributed by atoms with Crippen LogP contribution in [0.4, 0.5) is 4.39 Å². The molecule has 0 heterocycles. The van der Waals surface area contributed by atoms with Gasteiger partial charge in [0.25, 0.3) is 0 Å². The molecule has 1 rings (SSSR count). The molecule has 0 amide bonds. The third-order valence-electron chi connectivity index (χ3n) is 1.57. The largest absolute Gasteiger partial charge is 0.466 e. The number of benzene rings is 1. The topological polar surface area (TPSA) is 26.3 Å². The molecule has 1 aromatic rings. The zero-order valence-electron chi connectivity index (χ0n) is 7.42. The van der Waals surface area contributed by atoms with Gasteiger partial charge in [0.1, 0.15) is 5.82 Å². The first kappa shape index (κ1) is 12.6. The summed E-state index contributed by atoms with van der Waals surface area (Å²) in [7, 11) is 0. The highest BCUT2D eigenvalue weighted by Gasteiger charge is 2.02. The molecule has 0 fully saturated rings. The highest BCUT2D eigenvalue weighted by atomic mass is 19.1. The van der Waals surface area contributed by atoms with Gasteiger partial charge >= 0.3 is 5.97 Å². The number of carbonyl (C=O) groups is 1. The van der Waals surface area contributed by atoms with Crippen molar-refractivity contribution in [2.75, 3.05) is 6.61 Å². The molecule has 0 saturated heterocycles. The van der Waals surface area contributed by atoms with Gasteiger partial charge in [0.2, 0.25) is 0 Å². The van der Waals surface area contributed by atoms with Crippen LogP contribution in [-0.2, 0) is 16.0 Å². The lowest BCUT2D eigenvalue weighted by molar-refractivity contribution is -0.142. The first-order chi connectivity index (χ1) is 6.22. The fraction of sp³-hybridized carbons (Fsp3) is 0.364. The molecular weight excluding hydrogens is 183 g/mol. The Morgan fingerprint density at radius 3 is 2.43 bits per heavy atom. The normalized spacial score (nSPS) is 9.00. The van der Waals surface area contributed by atoms with Crippen molar-refractivity contribution in [2.45, 2.75) is 20.8 Å². The van der Waals surface area contributed by atoms with Crippen LogP contribution in [0.2, 0.25) is 0 Å². The molecule has 2 nitrogen and oxygen atoms in total. The third-order valence-corrected chi connectivity index (χ3v) is 1.57. The van der Waals surface area contributed by atoms with Crippen molar-refractivity contribution < 1.29 is 13.9 Å². The van der Waals surface area contributed by atoms with Crippen molar-refractivity contribution in [1.29, 1.82) is 0 Å². The van der Waals surface area contributed by atoms with E-state index in [1.54, 1.807) is 19.1 Å². The number of ether oxygens (including phenoxy) is 1. The summed E-state index contributed by atoms with van der Waals surface area (Å²) >= 11 is 0. The van der Waals surface area contributed by atoms with Crippen molar-refractivity contribution in [2.24, 2.45) is 0 Å². The minimum absolute atomic E-state index is 0. The van der Waals surface area contributed by atoms with E-state index in [9.17, 15) is 9.18 Å². The molecule has 3 heteroatoms. The van der Waals surface area contributed by atoms with Crippen molar-refractivity contribution in [3.63, 3.8) is 0 Å². The van der Waals surface area contributed by atoms with Crippen LogP contribution in [-0.4, -0.2) is 12.6 Å². The average molecular weight is 198 g/mol. The summed E-state index contributed by atoms with van der Waals surface area (Å²) in [6, 6.07) is 5.81. The Kier molecular flexibility index (Phi) is 5.53. The number of rotatable bonds is 3. The van der Waals surface area contributed by atoms with Crippen LogP contribution in [0.5, 0.6) is 0 Å². The number of halogens is 1. The minimum Gasteiger partial charge on any atom is -0.466 e. The molecule has 0 atom stereocenters. The predicted molar refractivity (Wildman–Crippen MR) is 53.5 cm³/mol. The first-order valence-corrected chi connectivity index (χ1v) is 4.12. The minimum atomic E-state index is -0.299. The van der Waals surface area contributed by atoms with Crippen LogP contribution in [0.25, 0.3) is 0 Å². The van der Waals surface area contributed by atoms with E-state index in [1.807, 2.05) is 0 Å². The molecule has 0 spiro atoms. The number of hydrogen-bond donors (Lipinski definition) is 0. The molecule has 0 aliphatic carbocycles. The fourth-order valence-corrected chi connectivity index (χ4v) is 0.981. The average Bonchev–Trinajstić information content (AvgIpc) is 2.09. The van der Waals surface area contributed by atoms with Crippen molar-refractivity contribution in [3.8, 4) is 0 Å². The quantitative estimate of drug-likeness (QED) is 0.698. The predicted octanol–water partition coefficient (Wildman–Crippen LogP) is 2.57. The van der Waals surface area contributed by atoms with Crippen LogP contribution >= 0.6 is 0 Å². The van der Waals surface area contributed by atoms with Gasteiger partial charge in [-0.05, 0) is 24.6 Å². The van der Waals surface area contributed by atoms with Crippen LogP contribution < -0.4 is 0 Å². The summed E-state index contributed by atoms with van der Waals surface area (Å²) in [5.74, 6) is -0.582. The first-order valence-electron chi connectivity index (χ1n) is 4.12. The fourth-order valence-electron chi connectivity index (χ4n) is 0.981. The second kappa shape index (κ2) is 6.13. The van der Waals surface area contributed by atoms with E-state index >= 15 is 0 Å². The Labute approximate surface area is 83.7 Å². The molecule has 78 valence electrons. The highest BCUT2D eigenvalue weighted by Crippen LogP contribution is 2.04. The molecule has 14 heavy (non-hydrogen) atoms. The maximum Gasteiger partial charge on any atom is 0.310 e. The summed E-state index contributed by atoms with van der Waals surface area (Å²) in [5, 5.41) is 0. The van der Waals surface area contributed by atoms with Gasteiger partial charge in [-0.1, -0.05) is 19.6 Å². The van der Waals surface area contributed by atoms with E-state index in [1.165, 1.54) is 12.1 Å². The van der Waals surface area contributed by atoms with E-state index in [0.717, 1.165) is 5.56 Å². The lowest BCUT2D eigenvalue weighted by Gasteiger charge is -2.01. The SMILES string of the molecule is C.CCOC(=O)Cc1ccc(F)cc1. The second-order valence-corrected chi connectivity index (χ2v) is 2.61. The van der Waals surface area contributed by atoms with E-state index in [0.29, 0.717) is 6.61 Å². The van der Waals surface area contributed by atoms with Crippen molar-refractivity contribution in [1.82, 2.24) is 0 Å². The Hall–Kier alpha value is -1.38. The van der Waals surface area contributed by atoms with Gasteiger partial charge < -0.3 is 4.74 Å². The van der Waals surface area contributed by atoms with Gasteiger partial charge in [0, 0.05) is 0 Å². The Balaban J connectivity index is 0.00000169. The smallest absolute Gasteiger partial charge is 0.310 e. The molecule has 0 N–H and O–H groups in total. The van der Waals surface area contributed by atoms with Gasteiger partial charge in [-0.2, -0.15) is 0 Å². The number of esters is 1. The highest BCUT2D eigenvalue weighted by molar-refractivity contribution is 5.72. The second-order valence-electron chi connectivity index (χ2n) is 2.61. The zero-order valence-corrected chi connectivity index (χ0v) is 7.42. The maximum absolute atomic E-state index is 12.5. The Morgan fingerprint density at radius 2 is 1.93 bits per heavy atom. The molecule has 0 radical (unpaired) electrons. The van der Waals surface area contributed by atoms with Crippen LogP contribution in [0.15, 0.2) is 24.3 Å². The third kappa shape index (κ3) is 4.03. The van der Waals surface area contributed by atoms with Gasteiger partial charge in [-0.25, -0.2) is 4.39 Å². The monoisotopic (exact) mass is 198 g/mol. The van der Waals surface area contributed by atoms with Crippen LogP contribution in [0.1, 0.15) is 19.9 Å². The molecule has 0 bridgehead atoms.